The molecule has 0 N–H and O–H groups in total. The van der Waals surface area contributed by atoms with Gasteiger partial charge in [-0.2, -0.15) is 0 Å². The molecule has 4 aromatic carbocycles. The fourth-order valence-electron chi connectivity index (χ4n) is 3.91. The van der Waals surface area contributed by atoms with E-state index in [1.165, 1.54) is 38.7 Å². The molecule has 0 bridgehead atoms. The predicted octanol–water partition coefficient (Wildman–Crippen LogP) is 6.49. The summed E-state index contributed by atoms with van der Waals surface area (Å²) in [5.74, 6) is 0.699. The van der Waals surface area contributed by atoms with Gasteiger partial charge < -0.3 is 23.4 Å². The van der Waals surface area contributed by atoms with Crippen LogP contribution in [0.4, 0.5) is 0 Å². The van der Waals surface area contributed by atoms with E-state index in [2.05, 4.69) is 0 Å². The van der Waals surface area contributed by atoms with E-state index in [1.54, 1.807) is 30.3 Å². The fraction of sp³-hybridized carbons (Fsp3) is 0.0667. The summed E-state index contributed by atoms with van der Waals surface area (Å²) in [5, 5.41) is 0.285. The molecule has 0 saturated heterocycles. The number of esters is 1. The van der Waals surface area contributed by atoms with Crippen molar-refractivity contribution in [2.75, 3.05) is 14.2 Å². The van der Waals surface area contributed by atoms with Crippen molar-refractivity contribution in [3.63, 3.8) is 0 Å². The Balaban J connectivity index is 1.37. The molecule has 1 aromatic heterocycles. The summed E-state index contributed by atoms with van der Waals surface area (Å²) >= 11 is 0. The number of hydrogen-bond acceptors (Lipinski definition) is 7. The normalized spacial score (nSPS) is 10.6. The van der Waals surface area contributed by atoms with Crippen LogP contribution in [0.5, 0.6) is 28.7 Å². The van der Waals surface area contributed by atoms with Crippen molar-refractivity contribution in [2.45, 2.75) is 0 Å². The standard InChI is InChI=1S/C30H22O7/c1-33-24-9-6-10-25(34-2)28(24)30(32)37-22-15-16-23-26(17-22)35-18-27(29(23)31)36-21-13-11-20(12-14-21)19-7-4-3-5-8-19/h3-18H,1-2H3. The molecule has 0 aliphatic heterocycles. The van der Waals surface area contributed by atoms with Crippen LogP contribution in [0.25, 0.3) is 22.1 Å². The zero-order valence-electron chi connectivity index (χ0n) is 20.1. The van der Waals surface area contributed by atoms with Crippen LogP contribution in [0.3, 0.4) is 0 Å². The molecule has 0 spiro atoms. The van der Waals surface area contributed by atoms with Gasteiger partial charge in [-0.25, -0.2) is 4.79 Å². The van der Waals surface area contributed by atoms with Crippen molar-refractivity contribution >= 4 is 16.9 Å². The number of carbonyl (C=O) groups is 1. The van der Waals surface area contributed by atoms with Gasteiger partial charge in [0.1, 0.15) is 40.4 Å². The molecule has 5 aromatic rings. The lowest BCUT2D eigenvalue weighted by Crippen LogP contribution is -2.12. The molecule has 0 amide bonds. The van der Waals surface area contributed by atoms with Crippen LogP contribution < -0.4 is 24.4 Å². The van der Waals surface area contributed by atoms with Gasteiger partial charge >= 0.3 is 5.97 Å². The van der Waals surface area contributed by atoms with Gasteiger partial charge in [0.15, 0.2) is 0 Å². The fourth-order valence-corrected chi connectivity index (χ4v) is 3.91. The van der Waals surface area contributed by atoms with Gasteiger partial charge in [0.2, 0.25) is 11.2 Å². The van der Waals surface area contributed by atoms with Crippen LogP contribution in [0, 0.1) is 0 Å². The van der Waals surface area contributed by atoms with E-state index in [0.29, 0.717) is 17.2 Å². The molecule has 1 heterocycles. The van der Waals surface area contributed by atoms with E-state index >= 15 is 0 Å². The van der Waals surface area contributed by atoms with Gasteiger partial charge in [-0.3, -0.25) is 4.79 Å². The van der Waals surface area contributed by atoms with Crippen molar-refractivity contribution in [3.05, 3.63) is 113 Å². The molecule has 0 aliphatic rings. The summed E-state index contributed by atoms with van der Waals surface area (Å²) in [6, 6.07) is 26.9. The summed E-state index contributed by atoms with van der Waals surface area (Å²) in [4.78, 5) is 25.9. The van der Waals surface area contributed by atoms with Gasteiger partial charge in [-0.1, -0.05) is 48.5 Å². The topological polar surface area (TPSA) is 84.2 Å². The maximum atomic E-state index is 13.0. The third-order valence-corrected chi connectivity index (χ3v) is 5.75. The Labute approximate surface area is 212 Å². The molecule has 0 radical (unpaired) electrons. The van der Waals surface area contributed by atoms with Crippen LogP contribution in [0.2, 0.25) is 0 Å². The molecule has 5 rings (SSSR count). The largest absolute Gasteiger partial charge is 0.496 e. The minimum Gasteiger partial charge on any atom is -0.496 e. The van der Waals surface area contributed by atoms with Crippen molar-refractivity contribution in [1.29, 1.82) is 0 Å². The van der Waals surface area contributed by atoms with Gasteiger partial charge in [-0.05, 0) is 47.5 Å². The summed E-state index contributed by atoms with van der Waals surface area (Å²) in [6.45, 7) is 0. The van der Waals surface area contributed by atoms with Gasteiger partial charge in [0, 0.05) is 6.07 Å². The first kappa shape index (κ1) is 23.7. The Morgan fingerprint density at radius 2 is 1.35 bits per heavy atom. The second kappa shape index (κ2) is 10.3. The lowest BCUT2D eigenvalue weighted by molar-refractivity contribution is 0.0727. The van der Waals surface area contributed by atoms with Crippen molar-refractivity contribution < 1.29 is 28.2 Å². The molecular formula is C30H22O7. The molecule has 184 valence electrons. The molecule has 0 unspecified atom stereocenters. The number of ether oxygens (including phenoxy) is 4. The van der Waals surface area contributed by atoms with Crippen LogP contribution in [0.1, 0.15) is 10.4 Å². The molecular weight excluding hydrogens is 472 g/mol. The number of benzene rings is 4. The molecule has 37 heavy (non-hydrogen) atoms. The number of rotatable bonds is 7. The zero-order valence-corrected chi connectivity index (χ0v) is 20.1. The summed E-state index contributed by atoms with van der Waals surface area (Å²) in [7, 11) is 2.90. The monoisotopic (exact) mass is 494 g/mol. The highest BCUT2D eigenvalue weighted by Gasteiger charge is 2.21. The zero-order chi connectivity index (χ0) is 25.8. The molecule has 7 nitrogen and oxygen atoms in total. The van der Waals surface area contributed by atoms with Crippen LogP contribution in [-0.4, -0.2) is 20.2 Å². The highest BCUT2D eigenvalue weighted by atomic mass is 16.5. The lowest BCUT2D eigenvalue weighted by Gasteiger charge is -2.12. The summed E-state index contributed by atoms with van der Waals surface area (Å²) in [5.41, 5.74) is 2.16. The maximum Gasteiger partial charge on any atom is 0.351 e. The van der Waals surface area contributed by atoms with Crippen LogP contribution in [0.15, 0.2) is 106 Å². The van der Waals surface area contributed by atoms with Crippen LogP contribution in [-0.2, 0) is 0 Å². The Morgan fingerprint density at radius 3 is 2.03 bits per heavy atom. The van der Waals surface area contributed by atoms with Gasteiger partial charge in [-0.15, -0.1) is 0 Å². The Morgan fingerprint density at radius 1 is 0.703 bits per heavy atom. The van der Waals surface area contributed by atoms with Crippen molar-refractivity contribution in [3.8, 4) is 39.9 Å². The highest BCUT2D eigenvalue weighted by Crippen LogP contribution is 2.31. The summed E-state index contributed by atoms with van der Waals surface area (Å²) in [6.07, 6.45) is 1.24. The number of carbonyl (C=O) groups excluding carboxylic acids is 1. The van der Waals surface area contributed by atoms with Crippen molar-refractivity contribution in [1.82, 2.24) is 0 Å². The first-order valence-electron chi connectivity index (χ1n) is 11.4. The first-order chi connectivity index (χ1) is 18.1. The van der Waals surface area contributed by atoms with E-state index in [1.807, 2.05) is 42.5 Å². The Bertz CT molecular complexity index is 1600. The maximum absolute atomic E-state index is 13.0. The highest BCUT2D eigenvalue weighted by molar-refractivity contribution is 5.97. The Kier molecular flexibility index (Phi) is 6.59. The molecule has 0 fully saturated rings. The van der Waals surface area contributed by atoms with Crippen LogP contribution >= 0.6 is 0 Å². The van der Waals surface area contributed by atoms with Gasteiger partial charge in [0.05, 0.1) is 19.6 Å². The third kappa shape index (κ3) is 4.88. The van der Waals surface area contributed by atoms with Crippen molar-refractivity contribution in [2.24, 2.45) is 0 Å². The van der Waals surface area contributed by atoms with E-state index < -0.39 is 5.97 Å². The molecule has 0 aliphatic carbocycles. The second-order valence-corrected chi connectivity index (χ2v) is 8.01. The minimum absolute atomic E-state index is 0.0449. The van der Waals surface area contributed by atoms with E-state index in [-0.39, 0.29) is 33.5 Å². The summed E-state index contributed by atoms with van der Waals surface area (Å²) < 4.78 is 27.5. The van der Waals surface area contributed by atoms with E-state index in [0.717, 1.165) is 11.1 Å². The smallest absolute Gasteiger partial charge is 0.351 e. The molecule has 7 heteroatoms. The number of fused-ring (bicyclic) bond motifs is 1. The minimum atomic E-state index is -0.671. The first-order valence-corrected chi connectivity index (χ1v) is 11.4. The van der Waals surface area contributed by atoms with E-state index in [9.17, 15) is 9.59 Å². The number of methoxy groups -OCH3 is 2. The SMILES string of the molecule is COc1cccc(OC)c1C(=O)Oc1ccc2c(=O)c(Oc3ccc(-c4ccccc4)cc3)coc2c1. The third-order valence-electron chi connectivity index (χ3n) is 5.75. The molecule has 0 saturated carbocycles. The predicted molar refractivity (Wildman–Crippen MR) is 139 cm³/mol. The number of hydrogen-bond donors (Lipinski definition) is 0. The Hall–Kier alpha value is -5.04. The molecule has 0 atom stereocenters. The average Bonchev–Trinajstić information content (AvgIpc) is 2.95. The average molecular weight is 494 g/mol. The quantitative estimate of drug-likeness (QED) is 0.189. The lowest BCUT2D eigenvalue weighted by atomic mass is 10.1. The second-order valence-electron chi connectivity index (χ2n) is 8.01. The van der Waals surface area contributed by atoms with Gasteiger partial charge in [0.25, 0.3) is 0 Å². The van der Waals surface area contributed by atoms with E-state index in [4.69, 9.17) is 23.4 Å².